The first-order valence-electron chi connectivity index (χ1n) is 21.1. The highest BCUT2D eigenvalue weighted by Crippen LogP contribution is 2.33. The van der Waals surface area contributed by atoms with Crippen LogP contribution in [0.5, 0.6) is 0 Å². The number of piperidine rings is 1. The normalized spacial score (nSPS) is 39.4. The summed E-state index contributed by atoms with van der Waals surface area (Å²) < 4.78 is 11.9. The quantitative estimate of drug-likeness (QED) is 0.134. The predicted octanol–water partition coefficient (Wildman–Crippen LogP) is 4.24. The summed E-state index contributed by atoms with van der Waals surface area (Å²) >= 11 is 0. The van der Waals surface area contributed by atoms with Gasteiger partial charge in [0.05, 0.1) is 36.6 Å². The van der Waals surface area contributed by atoms with Crippen LogP contribution in [-0.4, -0.2) is 120 Å². The minimum absolute atomic E-state index is 0.0398. The van der Waals surface area contributed by atoms with E-state index in [1.807, 2.05) is 32.9 Å². The Morgan fingerprint density at radius 3 is 2.28 bits per heavy atom. The number of hydrogen-bond acceptors (Lipinski definition) is 12. The van der Waals surface area contributed by atoms with Gasteiger partial charge in [0.2, 0.25) is 5.79 Å². The number of aliphatic hydroxyl groups is 6. The van der Waals surface area contributed by atoms with Crippen LogP contribution in [0.2, 0.25) is 0 Å². The van der Waals surface area contributed by atoms with Crippen LogP contribution in [0.4, 0.5) is 0 Å². The topological polar surface area (TPSA) is 211 Å². The maximum absolute atomic E-state index is 14.0. The zero-order chi connectivity index (χ0) is 42.8. The number of ketones is 2. The Morgan fingerprint density at radius 2 is 1.63 bits per heavy atom. The first-order chi connectivity index (χ1) is 26.7. The summed E-state index contributed by atoms with van der Waals surface area (Å²) in [4.78, 5) is 54.9. The molecule has 3 rings (SSSR count). The van der Waals surface area contributed by atoms with Gasteiger partial charge in [-0.3, -0.25) is 14.4 Å². The smallest absolute Gasteiger partial charge is 0.329 e. The fourth-order valence-electron chi connectivity index (χ4n) is 8.40. The summed E-state index contributed by atoms with van der Waals surface area (Å²) in [5.41, 5.74) is 2.00. The van der Waals surface area contributed by atoms with Crippen molar-refractivity contribution in [2.75, 3.05) is 6.54 Å². The fraction of sp³-hybridized carbons (Fsp3) is 0.773. The molecule has 0 aromatic carbocycles. The van der Waals surface area contributed by atoms with Gasteiger partial charge < -0.3 is 45.0 Å². The maximum atomic E-state index is 14.0. The number of allylic oxidation sites excluding steroid dienone is 2. The van der Waals surface area contributed by atoms with E-state index in [0.717, 1.165) is 10.5 Å². The average molecular weight is 806 g/mol. The van der Waals surface area contributed by atoms with Crippen molar-refractivity contribution in [2.45, 2.75) is 187 Å². The Bertz CT molecular complexity index is 1470. The van der Waals surface area contributed by atoms with Crippen molar-refractivity contribution in [3.05, 3.63) is 34.9 Å². The van der Waals surface area contributed by atoms with Gasteiger partial charge in [0, 0.05) is 37.6 Å². The number of cyclic esters (lactones) is 1. The standard InChI is InChI=1S/C44H71NO12/c1-9-32-15-16-39(28(5)21-26(3)31(8)46)56-43(54)35-14-10-11-18-45(35)42(53)41(52)44(55)17-12-13-34(57-44)22-33(47)23-37(49)30(7)38(50)24-36(48)27(4)19-25(2)20-29(6)40(32)51/h15,19,21,25-26,29-30,33-40,47-51,55H,9-14,16-18,20,22-24H2,1-8H3/b27-19-,28-21+,32-15-. The minimum Gasteiger partial charge on any atom is -0.456 e. The average Bonchev–Trinajstić information content (AvgIpc) is 3.15. The molecule has 1 amide bonds. The zero-order valence-corrected chi connectivity index (χ0v) is 35.4. The number of rotatable bonds is 4. The molecule has 6 N–H and O–H groups in total. The van der Waals surface area contributed by atoms with Crippen LogP contribution in [0.25, 0.3) is 0 Å². The van der Waals surface area contributed by atoms with Crippen molar-refractivity contribution >= 4 is 23.4 Å². The van der Waals surface area contributed by atoms with Gasteiger partial charge in [0.15, 0.2) is 0 Å². The molecule has 324 valence electrons. The highest BCUT2D eigenvalue weighted by Gasteiger charge is 2.49. The van der Waals surface area contributed by atoms with Crippen LogP contribution in [0.1, 0.15) is 132 Å². The lowest BCUT2D eigenvalue weighted by atomic mass is 9.85. The SMILES string of the molecule is CC/C1=C/CC(/C(C)=C/C(C)C(C)=O)OC(=O)C2CCCCN2C(=O)C(=O)C2(O)CCCC(CC(O)CC(O)C(C)C(O)CC(O)/C(C)=C\C(C)CC(C)C1O)O2. The molecule has 0 aromatic heterocycles. The first-order valence-corrected chi connectivity index (χ1v) is 21.1. The number of hydrogen-bond donors (Lipinski definition) is 6. The lowest BCUT2D eigenvalue weighted by Gasteiger charge is -2.39. The van der Waals surface area contributed by atoms with Crippen LogP contribution in [0.3, 0.4) is 0 Å². The molecule has 3 heterocycles. The Morgan fingerprint density at radius 1 is 0.965 bits per heavy atom. The van der Waals surface area contributed by atoms with E-state index in [9.17, 15) is 49.8 Å². The number of amides is 1. The Balaban J connectivity index is 2.02. The van der Waals surface area contributed by atoms with Crippen LogP contribution >= 0.6 is 0 Å². The summed E-state index contributed by atoms with van der Waals surface area (Å²) in [6.45, 7) is 14.3. The van der Waals surface area contributed by atoms with Gasteiger partial charge in [-0.15, -0.1) is 0 Å². The van der Waals surface area contributed by atoms with Crippen LogP contribution in [-0.2, 0) is 28.7 Å². The van der Waals surface area contributed by atoms with E-state index in [2.05, 4.69) is 0 Å². The Kier molecular flexibility index (Phi) is 18.8. The van der Waals surface area contributed by atoms with Crippen molar-refractivity contribution in [1.82, 2.24) is 4.90 Å². The van der Waals surface area contributed by atoms with Crippen molar-refractivity contribution in [3.63, 3.8) is 0 Å². The van der Waals surface area contributed by atoms with E-state index in [0.29, 0.717) is 49.7 Å². The second kappa shape index (κ2) is 22.0. The summed E-state index contributed by atoms with van der Waals surface area (Å²) in [6.07, 6.45) is 1.57. The molecule has 0 aromatic rings. The molecule has 2 bridgehead atoms. The molecule has 0 spiro atoms. The molecule has 0 radical (unpaired) electrons. The monoisotopic (exact) mass is 805 g/mol. The summed E-state index contributed by atoms with van der Waals surface area (Å²) in [6, 6.07) is -1.11. The molecular weight excluding hydrogens is 734 g/mol. The molecule has 0 aliphatic carbocycles. The number of nitrogens with zero attached hydrogens (tertiary/aromatic N) is 1. The molecule has 2 fully saturated rings. The van der Waals surface area contributed by atoms with Crippen molar-refractivity contribution in [1.29, 1.82) is 0 Å². The van der Waals surface area contributed by atoms with Gasteiger partial charge >= 0.3 is 5.97 Å². The number of carbonyl (C=O) groups excluding carboxylic acids is 4. The third kappa shape index (κ3) is 13.6. The molecular formula is C44H71NO12. The van der Waals surface area contributed by atoms with Gasteiger partial charge in [0.25, 0.3) is 11.7 Å². The third-order valence-corrected chi connectivity index (χ3v) is 12.4. The van der Waals surface area contributed by atoms with Gasteiger partial charge in [-0.1, -0.05) is 52.8 Å². The predicted molar refractivity (Wildman–Crippen MR) is 214 cm³/mol. The van der Waals surface area contributed by atoms with E-state index in [4.69, 9.17) is 9.47 Å². The lowest BCUT2D eigenvalue weighted by Crippen LogP contribution is -2.58. The molecule has 3 aliphatic rings. The first kappa shape index (κ1) is 48.6. The molecule has 13 nitrogen and oxygen atoms in total. The molecule has 13 unspecified atom stereocenters. The molecule has 57 heavy (non-hydrogen) atoms. The summed E-state index contributed by atoms with van der Waals surface area (Å²) in [5.74, 6) is -6.97. The minimum atomic E-state index is -2.49. The molecule has 13 atom stereocenters. The highest BCUT2D eigenvalue weighted by atomic mass is 16.6. The number of carbonyl (C=O) groups is 4. The van der Waals surface area contributed by atoms with Gasteiger partial charge in [-0.25, -0.2) is 4.79 Å². The van der Waals surface area contributed by atoms with E-state index in [1.54, 1.807) is 33.8 Å². The Labute approximate surface area is 339 Å². The molecule has 2 saturated heterocycles. The second-order valence-electron chi connectivity index (χ2n) is 17.3. The van der Waals surface area contributed by atoms with Crippen LogP contribution in [0.15, 0.2) is 34.9 Å². The van der Waals surface area contributed by atoms with Crippen molar-refractivity contribution in [3.8, 4) is 0 Å². The summed E-state index contributed by atoms with van der Waals surface area (Å²) in [5, 5.41) is 66.8. The number of fused-ring (bicyclic) bond motifs is 3. The molecule has 13 heteroatoms. The third-order valence-electron chi connectivity index (χ3n) is 12.4. The van der Waals surface area contributed by atoms with Crippen LogP contribution in [0, 0.1) is 23.7 Å². The summed E-state index contributed by atoms with van der Waals surface area (Å²) in [7, 11) is 0. The van der Waals surface area contributed by atoms with Crippen molar-refractivity contribution in [2.24, 2.45) is 23.7 Å². The molecule has 3 aliphatic heterocycles. The fourth-order valence-corrected chi connectivity index (χ4v) is 8.40. The van der Waals surface area contributed by atoms with E-state index in [1.165, 1.54) is 6.92 Å². The number of aliphatic hydroxyl groups excluding tert-OH is 5. The number of Topliss-reactive ketones (excluding diaryl/α,β-unsaturated/α-hetero) is 2. The van der Waals surface area contributed by atoms with E-state index >= 15 is 0 Å². The highest BCUT2D eigenvalue weighted by molar-refractivity contribution is 6.39. The van der Waals surface area contributed by atoms with Gasteiger partial charge in [-0.2, -0.15) is 0 Å². The Hall–Kier alpha value is -2.78. The van der Waals surface area contributed by atoms with Gasteiger partial charge in [0.1, 0.15) is 17.9 Å². The zero-order valence-electron chi connectivity index (χ0n) is 35.4. The largest absolute Gasteiger partial charge is 0.456 e. The molecule has 0 saturated carbocycles. The van der Waals surface area contributed by atoms with Gasteiger partial charge in [-0.05, 0) is 107 Å². The number of esters is 1. The maximum Gasteiger partial charge on any atom is 0.329 e. The lowest BCUT2D eigenvalue weighted by molar-refractivity contribution is -0.245. The number of ether oxygens (including phenoxy) is 2. The van der Waals surface area contributed by atoms with Crippen molar-refractivity contribution < 1.29 is 59.3 Å². The van der Waals surface area contributed by atoms with E-state index in [-0.39, 0.29) is 62.7 Å². The van der Waals surface area contributed by atoms with E-state index < -0.39 is 84.1 Å². The van der Waals surface area contributed by atoms with Crippen LogP contribution < -0.4 is 0 Å². The second-order valence-corrected chi connectivity index (χ2v) is 17.3.